The number of nitrogens with zero attached hydrogens (tertiary/aromatic N) is 2. The zero-order valence-electron chi connectivity index (χ0n) is 9.93. The average Bonchev–Trinajstić information content (AvgIpc) is 2.65. The number of carbonyl (C=O) groups is 1. The minimum atomic E-state index is -0.942. The average molecular weight is 242 g/mol. The smallest absolute Gasteiger partial charge is 0.365 e. The highest BCUT2D eigenvalue weighted by atomic mass is 32.1. The van der Waals surface area contributed by atoms with Crippen molar-refractivity contribution >= 4 is 17.3 Å². The molecule has 0 saturated heterocycles. The first-order valence-corrected chi connectivity index (χ1v) is 6.34. The lowest BCUT2D eigenvalue weighted by Crippen LogP contribution is -2.31. The van der Waals surface area contributed by atoms with Crippen LogP contribution in [0.5, 0.6) is 0 Å². The lowest BCUT2D eigenvalue weighted by atomic mass is 10.2. The fourth-order valence-electron chi connectivity index (χ4n) is 1.49. The molecule has 5 heteroatoms. The van der Waals surface area contributed by atoms with Gasteiger partial charge in [0.25, 0.3) is 0 Å². The predicted octanol–water partition coefficient (Wildman–Crippen LogP) is 2.46. The van der Waals surface area contributed by atoms with Gasteiger partial charge in [-0.3, -0.25) is 4.90 Å². The zero-order valence-corrected chi connectivity index (χ0v) is 10.8. The molecule has 1 aromatic rings. The molecule has 0 unspecified atom stereocenters. The number of hydrogen-bond acceptors (Lipinski definition) is 4. The number of carboxylic acids is 1. The standard InChI is InChI=1S/C11H18N2O2S/c1-4-5-13(8(2)3)6-9-7-16-10(12-9)11(14)15/h7-8H,4-6H2,1-3H3,(H,14,15). The summed E-state index contributed by atoms with van der Waals surface area (Å²) in [5, 5.41) is 10.8. The molecule has 16 heavy (non-hydrogen) atoms. The van der Waals surface area contributed by atoms with Crippen molar-refractivity contribution in [1.82, 2.24) is 9.88 Å². The van der Waals surface area contributed by atoms with Crippen molar-refractivity contribution in [2.24, 2.45) is 0 Å². The molecule has 0 aliphatic rings. The Morgan fingerprint density at radius 2 is 2.31 bits per heavy atom. The lowest BCUT2D eigenvalue weighted by Gasteiger charge is -2.24. The van der Waals surface area contributed by atoms with E-state index in [1.807, 2.05) is 5.38 Å². The first-order valence-electron chi connectivity index (χ1n) is 5.46. The summed E-state index contributed by atoms with van der Waals surface area (Å²) in [6.07, 6.45) is 1.09. The first kappa shape index (κ1) is 13.1. The number of rotatable bonds is 6. The van der Waals surface area contributed by atoms with Gasteiger partial charge in [-0.05, 0) is 26.8 Å². The second kappa shape index (κ2) is 5.96. The van der Waals surface area contributed by atoms with E-state index in [9.17, 15) is 4.79 Å². The minimum Gasteiger partial charge on any atom is -0.476 e. The highest BCUT2D eigenvalue weighted by Gasteiger charge is 2.13. The zero-order chi connectivity index (χ0) is 12.1. The van der Waals surface area contributed by atoms with Gasteiger partial charge in [-0.15, -0.1) is 11.3 Å². The van der Waals surface area contributed by atoms with Crippen molar-refractivity contribution in [2.75, 3.05) is 6.54 Å². The molecule has 0 amide bonds. The second-order valence-corrected chi connectivity index (χ2v) is 4.87. The fraction of sp³-hybridized carbons (Fsp3) is 0.636. The normalized spacial score (nSPS) is 11.3. The molecule has 0 aliphatic heterocycles. The van der Waals surface area contributed by atoms with Gasteiger partial charge in [0.2, 0.25) is 5.01 Å². The van der Waals surface area contributed by atoms with Gasteiger partial charge >= 0.3 is 5.97 Å². The van der Waals surface area contributed by atoms with Crippen LogP contribution in [0.3, 0.4) is 0 Å². The van der Waals surface area contributed by atoms with Crippen molar-refractivity contribution in [3.8, 4) is 0 Å². The van der Waals surface area contributed by atoms with Gasteiger partial charge in [-0.25, -0.2) is 9.78 Å². The highest BCUT2D eigenvalue weighted by molar-refractivity contribution is 7.11. The molecule has 0 atom stereocenters. The van der Waals surface area contributed by atoms with Gasteiger partial charge in [-0.1, -0.05) is 6.92 Å². The van der Waals surface area contributed by atoms with Gasteiger partial charge in [-0.2, -0.15) is 0 Å². The lowest BCUT2D eigenvalue weighted by molar-refractivity contribution is 0.0696. The molecule has 4 nitrogen and oxygen atoms in total. The van der Waals surface area contributed by atoms with Crippen molar-refractivity contribution in [3.63, 3.8) is 0 Å². The molecule has 0 radical (unpaired) electrons. The molecular formula is C11H18N2O2S. The van der Waals surface area contributed by atoms with Crippen molar-refractivity contribution in [2.45, 2.75) is 39.8 Å². The van der Waals surface area contributed by atoms with Crippen molar-refractivity contribution < 1.29 is 9.90 Å². The molecule has 0 bridgehead atoms. The SMILES string of the molecule is CCCN(Cc1csc(C(=O)O)n1)C(C)C. The maximum absolute atomic E-state index is 10.7. The Kier molecular flexibility index (Phi) is 4.89. The highest BCUT2D eigenvalue weighted by Crippen LogP contribution is 2.13. The molecule has 0 spiro atoms. The summed E-state index contributed by atoms with van der Waals surface area (Å²) in [5.41, 5.74) is 0.851. The largest absolute Gasteiger partial charge is 0.476 e. The number of carboxylic acid groups (broad SMARTS) is 1. The summed E-state index contributed by atoms with van der Waals surface area (Å²) in [7, 11) is 0. The van der Waals surface area contributed by atoms with Crippen LogP contribution in [-0.4, -0.2) is 33.5 Å². The Balaban J connectivity index is 2.66. The molecule has 90 valence electrons. The van der Waals surface area contributed by atoms with E-state index in [2.05, 4.69) is 30.7 Å². The van der Waals surface area contributed by atoms with E-state index in [4.69, 9.17) is 5.11 Å². The predicted molar refractivity (Wildman–Crippen MR) is 64.9 cm³/mol. The maximum Gasteiger partial charge on any atom is 0.365 e. The molecule has 0 fully saturated rings. The Labute approximate surface area is 99.9 Å². The summed E-state index contributed by atoms with van der Waals surface area (Å²) in [6.45, 7) is 8.16. The van der Waals surface area contributed by atoms with Crippen LogP contribution in [0.4, 0.5) is 0 Å². The van der Waals surface area contributed by atoms with Crippen LogP contribution in [0.15, 0.2) is 5.38 Å². The molecular weight excluding hydrogens is 224 g/mol. The van der Waals surface area contributed by atoms with Crippen LogP contribution in [-0.2, 0) is 6.54 Å². The van der Waals surface area contributed by atoms with Crippen LogP contribution < -0.4 is 0 Å². The third kappa shape index (κ3) is 3.57. The monoisotopic (exact) mass is 242 g/mol. The van der Waals surface area contributed by atoms with Gasteiger partial charge in [0.1, 0.15) is 0 Å². The molecule has 1 rings (SSSR count). The number of aromatic carboxylic acids is 1. The van der Waals surface area contributed by atoms with Crippen LogP contribution in [0.2, 0.25) is 0 Å². The van der Waals surface area contributed by atoms with E-state index in [1.54, 1.807) is 0 Å². The van der Waals surface area contributed by atoms with Crippen LogP contribution in [0.25, 0.3) is 0 Å². The topological polar surface area (TPSA) is 53.4 Å². The number of hydrogen-bond donors (Lipinski definition) is 1. The van der Waals surface area contributed by atoms with E-state index in [1.165, 1.54) is 11.3 Å². The minimum absolute atomic E-state index is 0.176. The second-order valence-electron chi connectivity index (χ2n) is 4.01. The third-order valence-corrected chi connectivity index (χ3v) is 3.22. The Bertz CT molecular complexity index is 350. The molecule has 1 N–H and O–H groups in total. The third-order valence-electron chi connectivity index (χ3n) is 2.34. The van der Waals surface area contributed by atoms with E-state index in [0.717, 1.165) is 25.2 Å². The molecule has 0 aliphatic carbocycles. The number of aromatic nitrogens is 1. The van der Waals surface area contributed by atoms with E-state index in [-0.39, 0.29) is 5.01 Å². The van der Waals surface area contributed by atoms with Crippen LogP contribution >= 0.6 is 11.3 Å². The van der Waals surface area contributed by atoms with Gasteiger partial charge in [0.05, 0.1) is 5.69 Å². The van der Waals surface area contributed by atoms with Crippen molar-refractivity contribution in [1.29, 1.82) is 0 Å². The van der Waals surface area contributed by atoms with Crippen LogP contribution in [0.1, 0.15) is 42.7 Å². The van der Waals surface area contributed by atoms with Gasteiger partial charge in [0.15, 0.2) is 0 Å². The Hall–Kier alpha value is -0.940. The summed E-state index contributed by atoms with van der Waals surface area (Å²) in [5.74, 6) is -0.942. The molecule has 1 aromatic heterocycles. The summed E-state index contributed by atoms with van der Waals surface area (Å²) >= 11 is 1.19. The Morgan fingerprint density at radius 3 is 2.75 bits per heavy atom. The van der Waals surface area contributed by atoms with Gasteiger partial charge < -0.3 is 5.11 Å². The molecule has 0 saturated carbocycles. The quantitative estimate of drug-likeness (QED) is 0.832. The summed E-state index contributed by atoms with van der Waals surface area (Å²) in [4.78, 5) is 17.1. The van der Waals surface area contributed by atoms with Crippen molar-refractivity contribution in [3.05, 3.63) is 16.1 Å². The molecule has 1 heterocycles. The van der Waals surface area contributed by atoms with E-state index in [0.29, 0.717) is 6.04 Å². The summed E-state index contributed by atoms with van der Waals surface area (Å²) in [6, 6.07) is 0.454. The first-order chi connectivity index (χ1) is 7.54. The van der Waals surface area contributed by atoms with E-state index >= 15 is 0 Å². The number of thiazole rings is 1. The maximum atomic E-state index is 10.7. The Morgan fingerprint density at radius 1 is 1.62 bits per heavy atom. The fourth-order valence-corrected chi connectivity index (χ4v) is 2.14. The summed E-state index contributed by atoms with van der Waals surface area (Å²) < 4.78 is 0. The molecule has 0 aromatic carbocycles. The van der Waals surface area contributed by atoms with Gasteiger partial charge in [0, 0.05) is 18.0 Å². The van der Waals surface area contributed by atoms with E-state index < -0.39 is 5.97 Å². The van der Waals surface area contributed by atoms with Crippen LogP contribution in [0, 0.1) is 0 Å².